The number of rotatable bonds is 11. The third-order valence-electron chi connectivity index (χ3n) is 4.15. The van der Waals surface area contributed by atoms with E-state index in [0.29, 0.717) is 6.61 Å². The van der Waals surface area contributed by atoms with E-state index in [-0.39, 0.29) is 6.61 Å². The van der Waals surface area contributed by atoms with Gasteiger partial charge in [0.2, 0.25) is 0 Å². The van der Waals surface area contributed by atoms with E-state index in [2.05, 4.69) is 6.92 Å². The normalized spacial score (nSPS) is 32.3. The molecule has 1 fully saturated rings. The van der Waals surface area contributed by atoms with Gasteiger partial charge in [0.25, 0.3) is 0 Å². The quantitative estimate of drug-likeness (QED) is 0.423. The molecule has 6 nitrogen and oxygen atoms in total. The van der Waals surface area contributed by atoms with Crippen LogP contribution in [0.2, 0.25) is 0 Å². The minimum Gasteiger partial charge on any atom is -0.394 e. The van der Waals surface area contributed by atoms with Gasteiger partial charge in [-0.05, 0) is 6.42 Å². The number of aliphatic hydroxyl groups excluding tert-OH is 4. The Balaban J connectivity index is 2.14. The second kappa shape index (κ2) is 11.3. The summed E-state index contributed by atoms with van der Waals surface area (Å²) >= 11 is 0. The molecule has 0 saturated carbocycles. The van der Waals surface area contributed by atoms with Crippen molar-refractivity contribution < 1.29 is 29.9 Å². The van der Waals surface area contributed by atoms with Gasteiger partial charge in [-0.25, -0.2) is 0 Å². The van der Waals surface area contributed by atoms with E-state index in [9.17, 15) is 20.4 Å². The van der Waals surface area contributed by atoms with Crippen molar-refractivity contribution in [2.24, 2.45) is 0 Å². The fourth-order valence-electron chi connectivity index (χ4n) is 2.73. The molecule has 22 heavy (non-hydrogen) atoms. The molecular weight excluding hydrogens is 288 g/mol. The predicted molar refractivity (Wildman–Crippen MR) is 82.3 cm³/mol. The van der Waals surface area contributed by atoms with Gasteiger partial charge in [-0.15, -0.1) is 0 Å². The summed E-state index contributed by atoms with van der Waals surface area (Å²) in [6.07, 6.45) is 3.69. The van der Waals surface area contributed by atoms with Crippen LogP contribution >= 0.6 is 0 Å². The molecule has 0 amide bonds. The van der Waals surface area contributed by atoms with Gasteiger partial charge >= 0.3 is 0 Å². The molecule has 1 rings (SSSR count). The number of hydrogen-bond acceptors (Lipinski definition) is 6. The molecule has 1 heterocycles. The molecule has 0 radical (unpaired) electrons. The molecule has 0 aliphatic carbocycles. The number of unbranched alkanes of at least 4 members (excludes halogenated alkanes) is 7. The van der Waals surface area contributed by atoms with Crippen molar-refractivity contribution in [1.29, 1.82) is 0 Å². The van der Waals surface area contributed by atoms with Crippen molar-refractivity contribution in [2.75, 3.05) is 13.2 Å². The van der Waals surface area contributed by atoms with Crippen molar-refractivity contribution in [3.63, 3.8) is 0 Å². The molecule has 0 aromatic heterocycles. The lowest BCUT2D eigenvalue weighted by molar-refractivity contribution is -0.294. The molecule has 0 spiro atoms. The van der Waals surface area contributed by atoms with E-state index < -0.39 is 30.7 Å². The average Bonchev–Trinajstić information content (AvgIpc) is 2.52. The highest BCUT2D eigenvalue weighted by molar-refractivity contribution is 4.89. The first-order chi connectivity index (χ1) is 10.6. The van der Waals surface area contributed by atoms with Crippen LogP contribution in [0.4, 0.5) is 0 Å². The maximum Gasteiger partial charge on any atom is 0.184 e. The van der Waals surface area contributed by atoms with E-state index in [4.69, 9.17) is 9.47 Å². The smallest absolute Gasteiger partial charge is 0.184 e. The molecule has 6 heteroatoms. The Morgan fingerprint density at radius 3 is 2.05 bits per heavy atom. The van der Waals surface area contributed by atoms with Crippen molar-refractivity contribution >= 4 is 0 Å². The minimum atomic E-state index is -1.49. The summed E-state index contributed by atoms with van der Waals surface area (Å²) < 4.78 is 10.6. The van der Waals surface area contributed by atoms with E-state index in [0.717, 1.165) is 12.8 Å². The van der Waals surface area contributed by atoms with Crippen molar-refractivity contribution in [3.05, 3.63) is 0 Å². The number of ether oxygens (including phenoxy) is 2. The molecule has 1 aliphatic heterocycles. The number of aliphatic hydroxyl groups is 4. The lowest BCUT2D eigenvalue weighted by Gasteiger charge is -2.40. The Morgan fingerprint density at radius 1 is 0.864 bits per heavy atom. The maximum absolute atomic E-state index is 9.91. The summed E-state index contributed by atoms with van der Waals surface area (Å²) in [5.41, 5.74) is 0. The molecule has 4 N–H and O–H groups in total. The van der Waals surface area contributed by atoms with Crippen LogP contribution in [0, 0.1) is 0 Å². The summed E-state index contributed by atoms with van der Waals surface area (Å²) in [5.74, 6) is 0. The highest BCUT2D eigenvalue weighted by atomic mass is 16.6. The van der Waals surface area contributed by atoms with Gasteiger partial charge in [0.15, 0.2) is 6.29 Å². The van der Waals surface area contributed by atoms with Gasteiger partial charge in [0, 0.05) is 6.61 Å². The Hall–Kier alpha value is -0.240. The monoisotopic (exact) mass is 320 g/mol. The van der Waals surface area contributed by atoms with Gasteiger partial charge in [-0.2, -0.15) is 0 Å². The van der Waals surface area contributed by atoms with Crippen LogP contribution < -0.4 is 0 Å². The molecule has 1 saturated heterocycles. The molecule has 0 aromatic rings. The van der Waals surface area contributed by atoms with Gasteiger partial charge < -0.3 is 29.9 Å². The lowest BCUT2D eigenvalue weighted by Crippen LogP contribution is -2.59. The summed E-state index contributed by atoms with van der Waals surface area (Å²) in [6, 6.07) is 0. The standard InChI is InChI=1S/C16H32O6/c1-2-3-4-5-6-7-8-9-10-21-15-12(11-17)22-16(20)14(19)13(15)18/h12-20H,2-11H2,1H3. The Kier molecular flexibility index (Phi) is 10.2. The molecule has 5 atom stereocenters. The van der Waals surface area contributed by atoms with Crippen LogP contribution in [0.5, 0.6) is 0 Å². The largest absolute Gasteiger partial charge is 0.394 e. The summed E-state index contributed by atoms with van der Waals surface area (Å²) in [5, 5.41) is 38.1. The first-order valence-corrected chi connectivity index (χ1v) is 8.54. The molecule has 0 aromatic carbocycles. The van der Waals surface area contributed by atoms with E-state index >= 15 is 0 Å². The van der Waals surface area contributed by atoms with Crippen LogP contribution in [-0.2, 0) is 9.47 Å². The Morgan fingerprint density at radius 2 is 1.45 bits per heavy atom. The van der Waals surface area contributed by atoms with Crippen LogP contribution in [0.15, 0.2) is 0 Å². The second-order valence-corrected chi connectivity index (χ2v) is 6.04. The molecular formula is C16H32O6. The Labute approximate surface area is 133 Å². The van der Waals surface area contributed by atoms with E-state index in [1.165, 1.54) is 38.5 Å². The minimum absolute atomic E-state index is 0.372. The Bertz CT molecular complexity index is 273. The van der Waals surface area contributed by atoms with Crippen LogP contribution in [0.25, 0.3) is 0 Å². The van der Waals surface area contributed by atoms with Gasteiger partial charge in [-0.3, -0.25) is 0 Å². The van der Waals surface area contributed by atoms with Crippen molar-refractivity contribution in [1.82, 2.24) is 0 Å². The van der Waals surface area contributed by atoms with Crippen LogP contribution in [0.1, 0.15) is 58.3 Å². The first-order valence-electron chi connectivity index (χ1n) is 8.54. The lowest BCUT2D eigenvalue weighted by atomic mass is 9.99. The average molecular weight is 320 g/mol. The maximum atomic E-state index is 9.91. The molecule has 5 unspecified atom stereocenters. The second-order valence-electron chi connectivity index (χ2n) is 6.04. The van der Waals surface area contributed by atoms with E-state index in [1.807, 2.05) is 0 Å². The van der Waals surface area contributed by atoms with Gasteiger partial charge in [0.05, 0.1) is 6.61 Å². The zero-order valence-electron chi connectivity index (χ0n) is 13.6. The summed E-state index contributed by atoms with van der Waals surface area (Å²) in [7, 11) is 0. The van der Waals surface area contributed by atoms with Crippen molar-refractivity contribution in [3.8, 4) is 0 Å². The first kappa shape index (κ1) is 19.8. The van der Waals surface area contributed by atoms with Gasteiger partial charge in [-0.1, -0.05) is 51.9 Å². The summed E-state index contributed by atoms with van der Waals surface area (Å²) in [6.45, 7) is 2.28. The van der Waals surface area contributed by atoms with Crippen LogP contribution in [0.3, 0.4) is 0 Å². The highest BCUT2D eigenvalue weighted by Gasteiger charge is 2.44. The fraction of sp³-hybridized carbons (Fsp3) is 1.00. The third-order valence-corrected chi connectivity index (χ3v) is 4.15. The highest BCUT2D eigenvalue weighted by Crippen LogP contribution is 2.22. The van der Waals surface area contributed by atoms with Crippen molar-refractivity contribution in [2.45, 2.75) is 89.0 Å². The number of hydrogen-bond donors (Lipinski definition) is 4. The van der Waals surface area contributed by atoms with Crippen LogP contribution in [-0.4, -0.2) is 64.3 Å². The topological polar surface area (TPSA) is 99.4 Å². The zero-order valence-corrected chi connectivity index (χ0v) is 13.6. The molecule has 132 valence electrons. The third kappa shape index (κ3) is 6.48. The molecule has 0 bridgehead atoms. The summed E-state index contributed by atoms with van der Waals surface area (Å²) in [4.78, 5) is 0. The van der Waals surface area contributed by atoms with Gasteiger partial charge in [0.1, 0.15) is 24.4 Å². The van der Waals surface area contributed by atoms with E-state index in [1.54, 1.807) is 0 Å². The fourth-order valence-corrected chi connectivity index (χ4v) is 2.73. The SMILES string of the molecule is CCCCCCCCCCOC1C(CO)OC(O)C(O)C1O. The zero-order chi connectivity index (χ0) is 16.4. The molecule has 1 aliphatic rings. The predicted octanol–water partition coefficient (Wildman–Crippen LogP) is 0.944.